The minimum atomic E-state index is -1.17. The molecule has 1 heterocycles. The van der Waals surface area contributed by atoms with Gasteiger partial charge in [-0.2, -0.15) is 12.6 Å². The lowest BCUT2D eigenvalue weighted by Crippen LogP contribution is -2.52. The van der Waals surface area contributed by atoms with Gasteiger partial charge in [-0.15, -0.1) is 0 Å². The topological polar surface area (TPSA) is 77.9 Å². The third kappa shape index (κ3) is 3.29. The number of urea groups is 1. The number of thiol groups is 1. The SMILES string of the molecule is O=C(O)CN1C(=O)N(C(CS)Cc2ccccc2)C(=O)C12Cc1ccccc1C2. The lowest BCUT2D eigenvalue weighted by Gasteiger charge is -2.30. The molecule has 7 heteroatoms. The van der Waals surface area contributed by atoms with E-state index in [1.165, 1.54) is 9.80 Å². The second-order valence-corrected chi connectivity index (χ2v) is 7.98. The van der Waals surface area contributed by atoms with Crippen molar-refractivity contribution in [2.24, 2.45) is 0 Å². The largest absolute Gasteiger partial charge is 0.480 e. The van der Waals surface area contributed by atoms with Crippen molar-refractivity contribution in [2.75, 3.05) is 12.3 Å². The lowest BCUT2D eigenvalue weighted by atomic mass is 9.93. The summed E-state index contributed by atoms with van der Waals surface area (Å²) < 4.78 is 0. The Kier molecular flexibility index (Phi) is 5.08. The number of aliphatic carboxylic acids is 1. The van der Waals surface area contributed by atoms with Gasteiger partial charge in [0.25, 0.3) is 5.91 Å². The Bertz CT molecular complexity index is 937. The second-order valence-electron chi connectivity index (χ2n) is 7.62. The molecule has 2 aromatic rings. The van der Waals surface area contributed by atoms with E-state index in [-0.39, 0.29) is 5.91 Å². The molecule has 4 rings (SSSR count). The maximum Gasteiger partial charge on any atom is 0.328 e. The van der Waals surface area contributed by atoms with Crippen LogP contribution in [0.25, 0.3) is 0 Å². The molecule has 29 heavy (non-hydrogen) atoms. The van der Waals surface area contributed by atoms with Gasteiger partial charge in [0.15, 0.2) is 0 Å². The number of fused-ring (bicyclic) bond motifs is 1. The van der Waals surface area contributed by atoms with Crippen LogP contribution in [0.1, 0.15) is 16.7 Å². The van der Waals surface area contributed by atoms with Crippen molar-refractivity contribution in [1.82, 2.24) is 9.80 Å². The fourth-order valence-corrected chi connectivity index (χ4v) is 4.77. The number of rotatable bonds is 6. The number of nitrogens with zero attached hydrogens (tertiary/aromatic N) is 2. The minimum absolute atomic E-state index is 0.302. The Hall–Kier alpha value is -2.80. The van der Waals surface area contributed by atoms with Crippen LogP contribution in [0, 0.1) is 0 Å². The highest BCUT2D eigenvalue weighted by molar-refractivity contribution is 7.80. The number of carboxylic acid groups (broad SMARTS) is 1. The third-order valence-corrected chi connectivity index (χ3v) is 6.26. The Morgan fingerprint density at radius 1 is 1.03 bits per heavy atom. The van der Waals surface area contributed by atoms with Crippen molar-refractivity contribution in [3.8, 4) is 0 Å². The van der Waals surface area contributed by atoms with Gasteiger partial charge in [-0.3, -0.25) is 19.4 Å². The van der Waals surface area contributed by atoms with E-state index < -0.39 is 30.1 Å². The molecule has 0 radical (unpaired) electrons. The number of imide groups is 1. The number of amides is 3. The monoisotopic (exact) mass is 410 g/mol. The molecule has 6 nitrogen and oxygen atoms in total. The summed E-state index contributed by atoms with van der Waals surface area (Å²) in [5.41, 5.74) is 1.79. The molecule has 1 N–H and O–H groups in total. The molecular formula is C22H22N2O4S. The van der Waals surface area contributed by atoms with Crippen molar-refractivity contribution >= 4 is 30.5 Å². The number of carbonyl (C=O) groups is 3. The Labute approximate surface area is 174 Å². The van der Waals surface area contributed by atoms with Gasteiger partial charge >= 0.3 is 12.0 Å². The highest BCUT2D eigenvalue weighted by Gasteiger charge is 2.61. The highest BCUT2D eigenvalue weighted by atomic mass is 32.1. The number of carboxylic acids is 1. The summed E-state index contributed by atoms with van der Waals surface area (Å²) >= 11 is 4.40. The van der Waals surface area contributed by atoms with Gasteiger partial charge in [-0.25, -0.2) is 4.79 Å². The molecule has 0 aromatic heterocycles. The third-order valence-electron chi connectivity index (χ3n) is 5.84. The quantitative estimate of drug-likeness (QED) is 0.566. The van der Waals surface area contributed by atoms with Crippen LogP contribution in [0.5, 0.6) is 0 Å². The summed E-state index contributed by atoms with van der Waals surface area (Å²) in [7, 11) is 0. The normalized spacial score (nSPS) is 18.4. The summed E-state index contributed by atoms with van der Waals surface area (Å²) in [5, 5.41) is 9.42. The number of benzene rings is 2. The van der Waals surface area contributed by atoms with Crippen molar-refractivity contribution in [3.63, 3.8) is 0 Å². The molecule has 1 spiro atoms. The smallest absolute Gasteiger partial charge is 0.328 e. The summed E-state index contributed by atoms with van der Waals surface area (Å²) in [4.78, 5) is 40.9. The maximum atomic E-state index is 13.6. The van der Waals surface area contributed by atoms with Crippen LogP contribution >= 0.6 is 12.6 Å². The first-order valence-corrected chi connectivity index (χ1v) is 10.2. The van der Waals surface area contributed by atoms with Crippen LogP contribution in [0.3, 0.4) is 0 Å². The van der Waals surface area contributed by atoms with Crippen LogP contribution in [0.15, 0.2) is 54.6 Å². The molecule has 1 aliphatic heterocycles. The molecule has 3 amide bonds. The molecule has 1 atom stereocenters. The average Bonchev–Trinajstić information content (AvgIpc) is 3.19. The molecular weight excluding hydrogens is 388 g/mol. The molecule has 2 aliphatic rings. The van der Waals surface area contributed by atoms with Crippen molar-refractivity contribution in [3.05, 3.63) is 71.3 Å². The first kappa shape index (κ1) is 19.5. The minimum Gasteiger partial charge on any atom is -0.480 e. The van der Waals surface area contributed by atoms with E-state index >= 15 is 0 Å². The molecule has 1 unspecified atom stereocenters. The van der Waals surface area contributed by atoms with Gasteiger partial charge in [-0.05, 0) is 23.1 Å². The van der Waals surface area contributed by atoms with Crippen molar-refractivity contribution in [1.29, 1.82) is 0 Å². The molecule has 2 aromatic carbocycles. The number of carbonyl (C=O) groups excluding carboxylic acids is 2. The van der Waals surface area contributed by atoms with E-state index in [0.717, 1.165) is 16.7 Å². The van der Waals surface area contributed by atoms with E-state index in [4.69, 9.17) is 0 Å². The second kappa shape index (κ2) is 7.55. The van der Waals surface area contributed by atoms with E-state index in [1.807, 2.05) is 54.6 Å². The summed E-state index contributed by atoms with van der Waals surface area (Å²) in [6.45, 7) is -0.500. The van der Waals surface area contributed by atoms with Crippen LogP contribution in [0.2, 0.25) is 0 Å². The highest BCUT2D eigenvalue weighted by Crippen LogP contribution is 2.41. The van der Waals surface area contributed by atoms with Gasteiger partial charge in [-0.1, -0.05) is 54.6 Å². The van der Waals surface area contributed by atoms with Gasteiger partial charge in [0.1, 0.15) is 12.1 Å². The van der Waals surface area contributed by atoms with E-state index in [2.05, 4.69) is 12.6 Å². The van der Waals surface area contributed by atoms with E-state index in [1.54, 1.807) is 0 Å². The number of hydrogen-bond donors (Lipinski definition) is 2. The molecule has 150 valence electrons. The van der Waals surface area contributed by atoms with Crippen LogP contribution < -0.4 is 0 Å². The van der Waals surface area contributed by atoms with Crippen molar-refractivity contribution in [2.45, 2.75) is 30.8 Å². The Morgan fingerprint density at radius 2 is 1.62 bits per heavy atom. The first-order chi connectivity index (χ1) is 14.0. The number of hydrogen-bond acceptors (Lipinski definition) is 4. The van der Waals surface area contributed by atoms with E-state index in [0.29, 0.717) is 25.0 Å². The first-order valence-electron chi connectivity index (χ1n) is 9.55. The molecule has 0 bridgehead atoms. The van der Waals surface area contributed by atoms with Crippen LogP contribution in [0.4, 0.5) is 4.79 Å². The predicted octanol–water partition coefficient (Wildman–Crippen LogP) is 2.41. The maximum absolute atomic E-state index is 13.6. The Morgan fingerprint density at radius 3 is 2.17 bits per heavy atom. The summed E-state index contributed by atoms with van der Waals surface area (Å²) in [5.74, 6) is -1.15. The van der Waals surface area contributed by atoms with Gasteiger partial charge < -0.3 is 5.11 Å². The predicted molar refractivity (Wildman–Crippen MR) is 111 cm³/mol. The van der Waals surface area contributed by atoms with Gasteiger partial charge in [0.2, 0.25) is 0 Å². The zero-order valence-corrected chi connectivity index (χ0v) is 16.7. The summed E-state index contributed by atoms with van der Waals surface area (Å²) in [6.07, 6.45) is 1.15. The van der Waals surface area contributed by atoms with Gasteiger partial charge in [0.05, 0.1) is 6.04 Å². The average molecular weight is 410 g/mol. The molecule has 1 saturated heterocycles. The fraction of sp³-hybridized carbons (Fsp3) is 0.318. The molecule has 1 aliphatic carbocycles. The zero-order chi connectivity index (χ0) is 20.6. The van der Waals surface area contributed by atoms with Gasteiger partial charge in [0, 0.05) is 18.6 Å². The van der Waals surface area contributed by atoms with Crippen LogP contribution in [-0.2, 0) is 28.9 Å². The molecule has 0 saturated carbocycles. The Balaban J connectivity index is 1.70. The van der Waals surface area contributed by atoms with Crippen molar-refractivity contribution < 1.29 is 19.5 Å². The fourth-order valence-electron chi connectivity index (χ4n) is 4.48. The lowest BCUT2D eigenvalue weighted by molar-refractivity contribution is -0.140. The summed E-state index contributed by atoms with van der Waals surface area (Å²) in [6, 6.07) is 16.3. The standard InChI is InChI=1S/C22H22N2O4S/c25-19(26)13-23-21(28)24(18(14-29)10-15-6-2-1-3-7-15)20(27)22(23)11-16-8-4-5-9-17(16)12-22/h1-9,18,29H,10-14H2,(H,25,26). The zero-order valence-electron chi connectivity index (χ0n) is 15.8. The van der Waals surface area contributed by atoms with E-state index in [9.17, 15) is 19.5 Å². The van der Waals surface area contributed by atoms with Crippen LogP contribution in [-0.4, -0.2) is 56.7 Å². The molecule has 1 fully saturated rings.